The highest BCUT2D eigenvalue weighted by Gasteiger charge is 2.31. The molecule has 19 heavy (non-hydrogen) atoms. The highest BCUT2D eigenvalue weighted by atomic mass is 19.1. The maximum atomic E-state index is 13.9. The van der Waals surface area contributed by atoms with Gasteiger partial charge in [0, 0.05) is 24.6 Å². The first-order chi connectivity index (χ1) is 9.08. The van der Waals surface area contributed by atoms with E-state index in [2.05, 4.69) is 11.8 Å². The number of halogens is 1. The average Bonchev–Trinajstić information content (AvgIpc) is 2.70. The molecule has 0 radical (unpaired) electrons. The van der Waals surface area contributed by atoms with Gasteiger partial charge in [0.2, 0.25) is 0 Å². The molecular formula is C15H20FNO2. The van der Waals surface area contributed by atoms with Crippen LogP contribution in [0.3, 0.4) is 0 Å². The number of likely N-dealkylation sites (tertiary alicyclic amines) is 1. The summed E-state index contributed by atoms with van der Waals surface area (Å²) < 4.78 is 13.9. The predicted molar refractivity (Wildman–Crippen MR) is 71.4 cm³/mol. The molecule has 104 valence electrons. The second-order valence-electron chi connectivity index (χ2n) is 5.37. The number of carboxylic acid groups (broad SMARTS) is 1. The summed E-state index contributed by atoms with van der Waals surface area (Å²) in [5.74, 6) is -0.408. The van der Waals surface area contributed by atoms with Crippen molar-refractivity contribution in [3.63, 3.8) is 0 Å². The lowest BCUT2D eigenvalue weighted by Gasteiger charge is -2.24. The van der Waals surface area contributed by atoms with Crippen molar-refractivity contribution in [2.24, 2.45) is 5.92 Å². The van der Waals surface area contributed by atoms with Crippen LogP contribution in [0.4, 0.5) is 4.39 Å². The number of nitrogens with zero attached hydrogens (tertiary/aromatic N) is 1. The Labute approximate surface area is 113 Å². The minimum atomic E-state index is -0.769. The fourth-order valence-corrected chi connectivity index (χ4v) is 2.88. The van der Waals surface area contributed by atoms with Crippen LogP contribution in [-0.4, -0.2) is 29.1 Å². The van der Waals surface area contributed by atoms with Gasteiger partial charge < -0.3 is 5.11 Å². The van der Waals surface area contributed by atoms with Crippen molar-refractivity contribution in [3.05, 3.63) is 35.6 Å². The first kappa shape index (κ1) is 14.0. The van der Waals surface area contributed by atoms with E-state index in [1.807, 2.05) is 12.1 Å². The molecular weight excluding hydrogens is 245 g/mol. The van der Waals surface area contributed by atoms with E-state index in [1.165, 1.54) is 6.07 Å². The summed E-state index contributed by atoms with van der Waals surface area (Å²) in [4.78, 5) is 12.8. The number of hydrogen-bond acceptors (Lipinski definition) is 2. The second-order valence-corrected chi connectivity index (χ2v) is 5.37. The van der Waals surface area contributed by atoms with E-state index in [-0.39, 0.29) is 18.3 Å². The summed E-state index contributed by atoms with van der Waals surface area (Å²) in [7, 11) is 0. The van der Waals surface area contributed by atoms with Crippen molar-refractivity contribution in [3.8, 4) is 0 Å². The summed E-state index contributed by atoms with van der Waals surface area (Å²) in [6.07, 6.45) is 1.73. The van der Waals surface area contributed by atoms with Crippen molar-refractivity contribution in [1.82, 2.24) is 4.90 Å². The van der Waals surface area contributed by atoms with Crippen molar-refractivity contribution < 1.29 is 14.3 Å². The Balaban J connectivity index is 2.05. The summed E-state index contributed by atoms with van der Waals surface area (Å²) >= 11 is 0. The van der Waals surface area contributed by atoms with E-state index in [0.29, 0.717) is 12.3 Å². The predicted octanol–water partition coefficient (Wildman–Crippen LogP) is 3.07. The average molecular weight is 265 g/mol. The van der Waals surface area contributed by atoms with Crippen molar-refractivity contribution in [2.45, 2.75) is 32.2 Å². The fraction of sp³-hybridized carbons (Fsp3) is 0.533. The van der Waals surface area contributed by atoms with E-state index in [1.54, 1.807) is 6.07 Å². The Kier molecular flexibility index (Phi) is 4.53. The molecule has 1 aromatic rings. The van der Waals surface area contributed by atoms with Crippen LogP contribution in [0.25, 0.3) is 0 Å². The molecule has 0 amide bonds. The van der Waals surface area contributed by atoms with E-state index >= 15 is 0 Å². The Morgan fingerprint density at radius 2 is 2.21 bits per heavy atom. The van der Waals surface area contributed by atoms with Crippen LogP contribution in [0.2, 0.25) is 0 Å². The molecule has 0 aliphatic carbocycles. The van der Waals surface area contributed by atoms with Crippen LogP contribution in [0.15, 0.2) is 24.3 Å². The van der Waals surface area contributed by atoms with Crippen LogP contribution in [0, 0.1) is 11.7 Å². The summed E-state index contributed by atoms with van der Waals surface area (Å²) in [6, 6.07) is 6.98. The minimum Gasteiger partial charge on any atom is -0.481 e. The normalized spacial score (nSPS) is 23.7. The number of aliphatic carboxylic acids is 1. The molecule has 1 aliphatic heterocycles. The number of carboxylic acids is 1. The van der Waals surface area contributed by atoms with Crippen LogP contribution >= 0.6 is 0 Å². The standard InChI is InChI=1S/C15H20FNO2/c1-11-9-14(12-5-2-3-6-13(12)16)17(10-11)8-4-7-15(18)19/h2-3,5-6,11,14H,4,7-10H2,1H3,(H,18,19). The van der Waals surface area contributed by atoms with Gasteiger partial charge in [0.05, 0.1) is 0 Å². The van der Waals surface area contributed by atoms with Gasteiger partial charge in [-0.3, -0.25) is 9.69 Å². The maximum Gasteiger partial charge on any atom is 0.303 e. The third kappa shape index (κ3) is 3.53. The van der Waals surface area contributed by atoms with Gasteiger partial charge in [-0.25, -0.2) is 4.39 Å². The van der Waals surface area contributed by atoms with Crippen molar-refractivity contribution in [2.75, 3.05) is 13.1 Å². The van der Waals surface area contributed by atoms with Gasteiger partial charge >= 0.3 is 5.97 Å². The molecule has 0 spiro atoms. The molecule has 0 saturated carbocycles. The molecule has 0 aromatic heterocycles. The van der Waals surface area contributed by atoms with Crippen LogP contribution in [0.5, 0.6) is 0 Å². The Hall–Kier alpha value is -1.42. The summed E-state index contributed by atoms with van der Waals surface area (Å²) in [5, 5.41) is 8.69. The summed E-state index contributed by atoms with van der Waals surface area (Å²) in [6.45, 7) is 3.79. The van der Waals surface area contributed by atoms with Crippen molar-refractivity contribution in [1.29, 1.82) is 0 Å². The molecule has 3 nitrogen and oxygen atoms in total. The molecule has 1 fully saturated rings. The molecule has 1 saturated heterocycles. The third-order valence-corrected chi connectivity index (χ3v) is 3.71. The lowest BCUT2D eigenvalue weighted by atomic mass is 10.0. The molecule has 1 heterocycles. The fourth-order valence-electron chi connectivity index (χ4n) is 2.88. The monoisotopic (exact) mass is 265 g/mol. The largest absolute Gasteiger partial charge is 0.481 e. The third-order valence-electron chi connectivity index (χ3n) is 3.71. The molecule has 1 aliphatic rings. The van der Waals surface area contributed by atoms with Crippen LogP contribution in [0.1, 0.15) is 37.8 Å². The van der Waals surface area contributed by atoms with E-state index < -0.39 is 5.97 Å². The zero-order valence-electron chi connectivity index (χ0n) is 11.2. The van der Waals surface area contributed by atoms with Gasteiger partial charge in [0.15, 0.2) is 0 Å². The lowest BCUT2D eigenvalue weighted by Crippen LogP contribution is -2.26. The van der Waals surface area contributed by atoms with Gasteiger partial charge in [0.1, 0.15) is 5.82 Å². The molecule has 1 aromatic carbocycles. The Morgan fingerprint density at radius 1 is 1.47 bits per heavy atom. The molecule has 2 unspecified atom stereocenters. The molecule has 2 rings (SSSR count). The van der Waals surface area contributed by atoms with Gasteiger partial charge in [-0.2, -0.15) is 0 Å². The van der Waals surface area contributed by atoms with E-state index in [4.69, 9.17) is 5.11 Å². The zero-order valence-corrected chi connectivity index (χ0v) is 11.2. The number of rotatable bonds is 5. The Morgan fingerprint density at radius 3 is 2.89 bits per heavy atom. The smallest absolute Gasteiger partial charge is 0.303 e. The van der Waals surface area contributed by atoms with Gasteiger partial charge in [-0.15, -0.1) is 0 Å². The van der Waals surface area contributed by atoms with Crippen LogP contribution in [-0.2, 0) is 4.79 Å². The Bertz CT molecular complexity index is 450. The first-order valence-electron chi connectivity index (χ1n) is 6.78. The number of benzene rings is 1. The molecule has 0 bridgehead atoms. The minimum absolute atomic E-state index is 0.0880. The maximum absolute atomic E-state index is 13.9. The van der Waals surface area contributed by atoms with E-state index in [9.17, 15) is 9.18 Å². The van der Waals surface area contributed by atoms with Gasteiger partial charge in [0.25, 0.3) is 0 Å². The quantitative estimate of drug-likeness (QED) is 0.889. The van der Waals surface area contributed by atoms with E-state index in [0.717, 1.165) is 25.1 Å². The van der Waals surface area contributed by atoms with Gasteiger partial charge in [-0.05, 0) is 31.4 Å². The molecule has 2 atom stereocenters. The second kappa shape index (κ2) is 6.15. The highest BCUT2D eigenvalue weighted by Crippen LogP contribution is 2.36. The topological polar surface area (TPSA) is 40.5 Å². The van der Waals surface area contributed by atoms with Crippen LogP contribution < -0.4 is 0 Å². The zero-order chi connectivity index (χ0) is 13.8. The highest BCUT2D eigenvalue weighted by molar-refractivity contribution is 5.66. The number of carbonyl (C=O) groups is 1. The molecule has 4 heteroatoms. The SMILES string of the molecule is CC1CC(c2ccccc2F)N(CCCC(=O)O)C1. The first-order valence-corrected chi connectivity index (χ1v) is 6.78. The molecule has 1 N–H and O–H groups in total. The van der Waals surface area contributed by atoms with Crippen molar-refractivity contribution >= 4 is 5.97 Å². The summed E-state index contributed by atoms with van der Waals surface area (Å²) in [5.41, 5.74) is 0.738. The van der Waals surface area contributed by atoms with Gasteiger partial charge in [-0.1, -0.05) is 25.1 Å². The number of hydrogen-bond donors (Lipinski definition) is 1. The lowest BCUT2D eigenvalue weighted by molar-refractivity contribution is -0.137.